The summed E-state index contributed by atoms with van der Waals surface area (Å²) in [7, 11) is 0. The van der Waals surface area contributed by atoms with Crippen LogP contribution in [-0.4, -0.2) is 39.4 Å². The summed E-state index contributed by atoms with van der Waals surface area (Å²) in [6.07, 6.45) is 0.980. The van der Waals surface area contributed by atoms with Crippen molar-refractivity contribution in [3.8, 4) is 0 Å². The number of rotatable bonds is 5. The van der Waals surface area contributed by atoms with Gasteiger partial charge in [-0.2, -0.15) is 0 Å². The second kappa shape index (κ2) is 6.89. The molecule has 2 N–H and O–H groups in total. The molecule has 0 spiro atoms. The summed E-state index contributed by atoms with van der Waals surface area (Å²) >= 11 is 2.94. The summed E-state index contributed by atoms with van der Waals surface area (Å²) in [4.78, 5) is 21.5. The number of nitrogens with zero attached hydrogens (tertiary/aromatic N) is 3. The van der Waals surface area contributed by atoms with Crippen LogP contribution in [0, 0.1) is 0 Å². The molecule has 4 rings (SSSR count). The van der Waals surface area contributed by atoms with Crippen molar-refractivity contribution in [1.82, 2.24) is 14.7 Å². The summed E-state index contributed by atoms with van der Waals surface area (Å²) in [5.74, 6) is 0.546. The molecule has 1 aromatic carbocycles. The molecule has 0 saturated carbocycles. The van der Waals surface area contributed by atoms with Crippen LogP contribution >= 0.6 is 23.1 Å². The number of hydrogen-bond acceptors (Lipinski definition) is 6. The number of fused-ring (bicyclic) bond motifs is 1. The monoisotopic (exact) mass is 372 g/mol. The summed E-state index contributed by atoms with van der Waals surface area (Å²) < 4.78 is 1.71. The predicted molar refractivity (Wildman–Crippen MR) is 100 cm³/mol. The third-order valence-corrected chi connectivity index (χ3v) is 5.75. The number of carbonyl (C=O) groups is 1. The topological polar surface area (TPSA) is 79.0 Å². The first-order valence-corrected chi connectivity index (χ1v) is 9.79. The number of carboxylic acid groups (broad SMARTS) is 1. The lowest BCUT2D eigenvalue weighted by atomic mass is 10.2. The van der Waals surface area contributed by atoms with E-state index in [1.54, 1.807) is 21.5 Å². The highest BCUT2D eigenvalue weighted by Crippen LogP contribution is 2.30. The quantitative estimate of drug-likeness (QED) is 0.673. The minimum absolute atomic E-state index is 0.226. The Hall–Kier alpha value is -2.32. The zero-order chi connectivity index (χ0) is 17.2. The van der Waals surface area contributed by atoms with E-state index in [-0.39, 0.29) is 5.69 Å². The Balaban J connectivity index is 1.77. The Morgan fingerprint density at radius 1 is 1.36 bits per heavy atom. The SMILES string of the molecule is O=C(O)c1csc2nc(SCc3ccccc3)c(C3=NCCCN3)n12. The van der Waals surface area contributed by atoms with E-state index in [1.807, 2.05) is 18.2 Å². The number of hydrogen-bond donors (Lipinski definition) is 2. The van der Waals surface area contributed by atoms with E-state index in [1.165, 1.54) is 16.9 Å². The van der Waals surface area contributed by atoms with Crippen LogP contribution in [-0.2, 0) is 5.75 Å². The first-order valence-electron chi connectivity index (χ1n) is 7.92. The fourth-order valence-corrected chi connectivity index (χ4v) is 4.61. The van der Waals surface area contributed by atoms with Crippen molar-refractivity contribution in [3.05, 3.63) is 52.7 Å². The number of nitrogens with one attached hydrogen (secondary N) is 1. The third-order valence-electron chi connectivity index (χ3n) is 3.89. The summed E-state index contributed by atoms with van der Waals surface area (Å²) in [5, 5.41) is 15.2. The van der Waals surface area contributed by atoms with Crippen molar-refractivity contribution in [2.75, 3.05) is 13.1 Å². The maximum Gasteiger partial charge on any atom is 0.353 e. The van der Waals surface area contributed by atoms with E-state index >= 15 is 0 Å². The van der Waals surface area contributed by atoms with Gasteiger partial charge in [-0.3, -0.25) is 9.39 Å². The standard InChI is InChI=1S/C17H16N4O2S2/c22-16(23)12-10-25-17-20-15(24-9-11-5-2-1-3-6-11)13(21(12)17)14-18-7-4-8-19-14/h1-3,5-6,10H,4,7-9H2,(H,18,19)(H,22,23). The Morgan fingerprint density at radius 3 is 2.92 bits per heavy atom. The number of aromatic carboxylic acids is 1. The molecule has 0 saturated heterocycles. The van der Waals surface area contributed by atoms with Crippen LogP contribution in [0.1, 0.15) is 28.2 Å². The van der Waals surface area contributed by atoms with Crippen LogP contribution in [0.25, 0.3) is 4.96 Å². The minimum atomic E-state index is -0.957. The molecule has 0 aliphatic carbocycles. The van der Waals surface area contributed by atoms with Crippen molar-refractivity contribution in [3.63, 3.8) is 0 Å². The number of amidine groups is 1. The molecular weight excluding hydrogens is 356 g/mol. The highest BCUT2D eigenvalue weighted by Gasteiger charge is 2.24. The van der Waals surface area contributed by atoms with Crippen molar-refractivity contribution in [1.29, 1.82) is 0 Å². The first kappa shape index (κ1) is 16.2. The molecular formula is C17H16N4O2S2. The lowest BCUT2D eigenvalue weighted by molar-refractivity contribution is 0.0689. The van der Waals surface area contributed by atoms with Crippen LogP contribution in [0.15, 0.2) is 45.7 Å². The summed E-state index contributed by atoms with van der Waals surface area (Å²) in [5.41, 5.74) is 2.19. The molecule has 0 fully saturated rings. The van der Waals surface area contributed by atoms with Gasteiger partial charge in [0.05, 0.1) is 0 Å². The van der Waals surface area contributed by atoms with Crippen molar-refractivity contribution in [2.45, 2.75) is 17.2 Å². The Labute approximate surface area is 152 Å². The van der Waals surface area contributed by atoms with Gasteiger partial charge in [-0.15, -0.1) is 11.3 Å². The number of thiazole rings is 1. The van der Waals surface area contributed by atoms with Gasteiger partial charge in [0.2, 0.25) is 0 Å². The summed E-state index contributed by atoms with van der Waals surface area (Å²) in [6, 6.07) is 10.2. The number of benzene rings is 1. The molecule has 0 amide bonds. The molecule has 0 bridgehead atoms. The molecule has 3 heterocycles. The zero-order valence-corrected chi connectivity index (χ0v) is 14.9. The maximum absolute atomic E-state index is 11.6. The van der Waals surface area contributed by atoms with Gasteiger partial charge < -0.3 is 10.4 Å². The van der Waals surface area contributed by atoms with Crippen LogP contribution in [0.5, 0.6) is 0 Å². The van der Waals surface area contributed by atoms with E-state index in [4.69, 9.17) is 0 Å². The van der Waals surface area contributed by atoms with E-state index in [2.05, 4.69) is 27.4 Å². The highest BCUT2D eigenvalue weighted by atomic mass is 32.2. The van der Waals surface area contributed by atoms with Gasteiger partial charge in [-0.05, 0) is 12.0 Å². The van der Waals surface area contributed by atoms with Gasteiger partial charge in [0.15, 0.2) is 4.96 Å². The van der Waals surface area contributed by atoms with E-state index in [0.29, 0.717) is 4.96 Å². The highest BCUT2D eigenvalue weighted by molar-refractivity contribution is 7.98. The second-order valence-corrected chi connectivity index (χ2v) is 7.40. The number of carboxylic acids is 1. The average molecular weight is 372 g/mol. The molecule has 0 atom stereocenters. The van der Waals surface area contributed by atoms with Gasteiger partial charge in [-0.1, -0.05) is 42.1 Å². The summed E-state index contributed by atoms with van der Waals surface area (Å²) in [6.45, 7) is 1.58. The van der Waals surface area contributed by atoms with Crippen molar-refractivity contribution >= 4 is 39.9 Å². The van der Waals surface area contributed by atoms with Crippen LogP contribution in [0.3, 0.4) is 0 Å². The van der Waals surface area contributed by atoms with Gasteiger partial charge in [0.25, 0.3) is 0 Å². The third kappa shape index (κ3) is 3.14. The number of aromatic nitrogens is 2. The molecule has 8 heteroatoms. The number of aliphatic imine (C=N–C) groups is 1. The van der Waals surface area contributed by atoms with Gasteiger partial charge in [-0.25, -0.2) is 9.78 Å². The lowest BCUT2D eigenvalue weighted by Gasteiger charge is -2.15. The van der Waals surface area contributed by atoms with Crippen LogP contribution < -0.4 is 5.32 Å². The molecule has 3 aromatic rings. The zero-order valence-electron chi connectivity index (χ0n) is 13.3. The Kier molecular flexibility index (Phi) is 4.46. The molecule has 0 radical (unpaired) electrons. The van der Waals surface area contributed by atoms with E-state index in [9.17, 15) is 9.90 Å². The molecule has 0 unspecified atom stereocenters. The molecule has 128 valence electrons. The van der Waals surface area contributed by atoms with Gasteiger partial charge in [0, 0.05) is 24.2 Å². The Morgan fingerprint density at radius 2 is 2.20 bits per heavy atom. The minimum Gasteiger partial charge on any atom is -0.477 e. The van der Waals surface area contributed by atoms with Crippen LogP contribution in [0.2, 0.25) is 0 Å². The lowest BCUT2D eigenvalue weighted by Crippen LogP contribution is -2.32. The van der Waals surface area contributed by atoms with Gasteiger partial charge in [0.1, 0.15) is 22.2 Å². The Bertz CT molecular complexity index is 946. The maximum atomic E-state index is 11.6. The number of imidazole rings is 1. The van der Waals surface area contributed by atoms with Gasteiger partial charge >= 0.3 is 5.97 Å². The van der Waals surface area contributed by atoms with Crippen LogP contribution in [0.4, 0.5) is 0 Å². The predicted octanol–water partition coefficient (Wildman–Crippen LogP) is 3.13. The van der Waals surface area contributed by atoms with E-state index < -0.39 is 5.97 Å². The smallest absolute Gasteiger partial charge is 0.353 e. The molecule has 25 heavy (non-hydrogen) atoms. The van der Waals surface area contributed by atoms with Crippen molar-refractivity contribution in [2.24, 2.45) is 4.99 Å². The molecule has 2 aromatic heterocycles. The van der Waals surface area contributed by atoms with E-state index in [0.717, 1.165) is 41.8 Å². The molecule has 1 aliphatic heterocycles. The average Bonchev–Trinajstić information content (AvgIpc) is 3.20. The normalized spacial score (nSPS) is 14.3. The van der Waals surface area contributed by atoms with Crippen molar-refractivity contribution < 1.29 is 9.90 Å². The fraction of sp³-hybridized carbons (Fsp3) is 0.235. The molecule has 6 nitrogen and oxygen atoms in total. The molecule has 1 aliphatic rings. The second-order valence-electron chi connectivity index (χ2n) is 5.59. The largest absolute Gasteiger partial charge is 0.477 e. The first-order chi connectivity index (χ1) is 12.2. The fourth-order valence-electron chi connectivity index (χ4n) is 2.72. The number of thioether (sulfide) groups is 1.